The van der Waals surface area contributed by atoms with Crippen molar-refractivity contribution in [2.45, 2.75) is 0 Å². The molecule has 2 aliphatic carbocycles. The number of hydrogen-bond acceptors (Lipinski definition) is 3. The van der Waals surface area contributed by atoms with Crippen LogP contribution in [-0.2, 0) is 9.59 Å². The molecule has 1 saturated carbocycles. The van der Waals surface area contributed by atoms with Crippen LogP contribution in [0.1, 0.15) is 11.1 Å². The van der Waals surface area contributed by atoms with Crippen molar-refractivity contribution < 1.29 is 14.7 Å². The number of anilines is 1. The molecule has 2 bridgehead atoms. The van der Waals surface area contributed by atoms with E-state index < -0.39 is 0 Å². The zero-order chi connectivity index (χ0) is 21.8. The first-order valence-electron chi connectivity index (χ1n) is 10.9. The third-order valence-electron chi connectivity index (χ3n) is 6.94. The van der Waals surface area contributed by atoms with E-state index in [2.05, 4.69) is 36.4 Å². The van der Waals surface area contributed by atoms with E-state index in [9.17, 15) is 14.7 Å². The Kier molecular flexibility index (Phi) is 4.15. The average molecular weight is 419 g/mol. The number of fused-ring (bicyclic) bond motifs is 5. The van der Waals surface area contributed by atoms with Gasteiger partial charge in [0.15, 0.2) is 0 Å². The van der Waals surface area contributed by atoms with Gasteiger partial charge in [-0.15, -0.1) is 0 Å². The van der Waals surface area contributed by atoms with E-state index in [0.717, 1.165) is 16.7 Å². The van der Waals surface area contributed by atoms with Gasteiger partial charge in [-0.3, -0.25) is 9.59 Å². The van der Waals surface area contributed by atoms with E-state index in [-0.39, 0.29) is 41.2 Å². The molecule has 4 heteroatoms. The van der Waals surface area contributed by atoms with Crippen LogP contribution in [0.4, 0.5) is 5.69 Å². The van der Waals surface area contributed by atoms with Crippen molar-refractivity contribution >= 4 is 23.1 Å². The van der Waals surface area contributed by atoms with E-state index in [0.29, 0.717) is 5.69 Å². The second-order valence-corrected chi connectivity index (χ2v) is 8.58. The van der Waals surface area contributed by atoms with Gasteiger partial charge in [0, 0.05) is 11.8 Å². The number of amides is 2. The quantitative estimate of drug-likeness (QED) is 0.489. The summed E-state index contributed by atoms with van der Waals surface area (Å²) < 4.78 is 0. The molecule has 3 aliphatic rings. The first kappa shape index (κ1) is 18.8. The van der Waals surface area contributed by atoms with Crippen LogP contribution < -0.4 is 4.90 Å². The van der Waals surface area contributed by atoms with Gasteiger partial charge in [0.25, 0.3) is 0 Å². The minimum atomic E-state index is -0.385. The lowest BCUT2D eigenvalue weighted by atomic mass is 9.85. The summed E-state index contributed by atoms with van der Waals surface area (Å²) in [6, 6.07) is 26.7. The first-order chi connectivity index (χ1) is 15.6. The van der Waals surface area contributed by atoms with Crippen LogP contribution in [0.2, 0.25) is 0 Å². The Balaban J connectivity index is 1.48. The van der Waals surface area contributed by atoms with Crippen LogP contribution in [0.15, 0.2) is 103 Å². The molecule has 0 unspecified atom stereocenters. The van der Waals surface area contributed by atoms with Gasteiger partial charge in [0.05, 0.1) is 17.5 Å². The minimum absolute atomic E-state index is 0.0982. The molecule has 6 rings (SSSR count). The second-order valence-electron chi connectivity index (χ2n) is 8.58. The molecule has 3 aromatic carbocycles. The molecular weight excluding hydrogens is 398 g/mol. The molecule has 0 radical (unpaired) electrons. The van der Waals surface area contributed by atoms with Gasteiger partial charge in [-0.25, -0.2) is 4.90 Å². The summed E-state index contributed by atoms with van der Waals surface area (Å²) in [5, 5.41) is 9.59. The Bertz CT molecular complexity index is 1200. The molecule has 1 heterocycles. The maximum Gasteiger partial charge on any atom is 0.238 e. The van der Waals surface area contributed by atoms with E-state index in [1.165, 1.54) is 22.6 Å². The number of benzene rings is 3. The number of phenols is 1. The maximum absolute atomic E-state index is 13.5. The molecule has 3 aromatic rings. The van der Waals surface area contributed by atoms with Crippen molar-refractivity contribution in [1.82, 2.24) is 0 Å². The molecular formula is C28H21NO3. The highest BCUT2D eigenvalue weighted by atomic mass is 16.3. The van der Waals surface area contributed by atoms with Crippen LogP contribution in [0.3, 0.4) is 0 Å². The van der Waals surface area contributed by atoms with Crippen molar-refractivity contribution in [2.75, 3.05) is 4.90 Å². The van der Waals surface area contributed by atoms with Gasteiger partial charge in [-0.05, 0) is 46.5 Å². The predicted molar refractivity (Wildman–Crippen MR) is 123 cm³/mol. The Morgan fingerprint density at radius 3 is 1.59 bits per heavy atom. The highest BCUT2D eigenvalue weighted by molar-refractivity contribution is 6.23. The van der Waals surface area contributed by atoms with Crippen LogP contribution >= 0.6 is 0 Å². The van der Waals surface area contributed by atoms with Crippen LogP contribution in [0.25, 0.3) is 5.57 Å². The first-order valence-corrected chi connectivity index (χ1v) is 10.9. The highest BCUT2D eigenvalue weighted by Crippen LogP contribution is 2.58. The van der Waals surface area contributed by atoms with Crippen LogP contribution in [-0.4, -0.2) is 16.9 Å². The normalized spacial score (nSPS) is 25.5. The third kappa shape index (κ3) is 2.62. The summed E-state index contributed by atoms with van der Waals surface area (Å²) in [5.74, 6) is -1.17. The number of aromatic hydroxyl groups is 1. The summed E-state index contributed by atoms with van der Waals surface area (Å²) in [5.41, 5.74) is 5.01. The van der Waals surface area contributed by atoms with Crippen molar-refractivity contribution in [2.24, 2.45) is 23.7 Å². The van der Waals surface area contributed by atoms with Crippen LogP contribution in [0, 0.1) is 23.7 Å². The van der Waals surface area contributed by atoms with Gasteiger partial charge in [0.1, 0.15) is 5.75 Å². The summed E-state index contributed by atoms with van der Waals surface area (Å²) in [4.78, 5) is 28.3. The zero-order valence-corrected chi connectivity index (χ0v) is 17.3. The number of phenolic OH excluding ortho intramolecular Hbond substituents is 1. The van der Waals surface area contributed by atoms with Gasteiger partial charge < -0.3 is 5.11 Å². The lowest BCUT2D eigenvalue weighted by molar-refractivity contribution is -0.122. The van der Waals surface area contributed by atoms with E-state index >= 15 is 0 Å². The summed E-state index contributed by atoms with van der Waals surface area (Å²) in [7, 11) is 0. The predicted octanol–water partition coefficient (Wildman–Crippen LogP) is 4.82. The highest BCUT2D eigenvalue weighted by Gasteiger charge is 2.62. The van der Waals surface area contributed by atoms with E-state index in [4.69, 9.17) is 0 Å². The SMILES string of the molecule is O=C1[C@@H]2[C@H](C(=O)N1c1ccc(O)cc1)[C@H]1C=C[C@H]2C1=C(c1ccccc1)c1ccccc1. The van der Waals surface area contributed by atoms with Crippen LogP contribution in [0.5, 0.6) is 5.75 Å². The molecule has 1 saturated heterocycles. The summed E-state index contributed by atoms with van der Waals surface area (Å²) >= 11 is 0. The number of imide groups is 1. The molecule has 32 heavy (non-hydrogen) atoms. The molecule has 0 aromatic heterocycles. The Labute approximate surface area is 186 Å². The van der Waals surface area contributed by atoms with Gasteiger partial charge in [0.2, 0.25) is 11.8 Å². The fourth-order valence-corrected chi connectivity index (χ4v) is 5.66. The standard InChI is InChI=1S/C28H21NO3/c30-20-13-11-19(12-14-20)29-27(31)25-21-15-16-22(26(25)28(29)32)24(21)23(17-7-3-1-4-8-17)18-9-5-2-6-10-18/h1-16,21-22,25-26,30H/t21-,22-,25-,26+/m0/s1. The third-order valence-corrected chi connectivity index (χ3v) is 6.94. The van der Waals surface area contributed by atoms with Crippen molar-refractivity contribution in [1.29, 1.82) is 0 Å². The molecule has 4 nitrogen and oxygen atoms in total. The molecule has 4 atom stereocenters. The Morgan fingerprint density at radius 2 is 1.12 bits per heavy atom. The van der Waals surface area contributed by atoms with Crippen molar-refractivity contribution in [3.63, 3.8) is 0 Å². The number of carbonyl (C=O) groups is 2. The number of rotatable bonds is 3. The van der Waals surface area contributed by atoms with Crippen molar-refractivity contribution in [3.05, 3.63) is 114 Å². The topological polar surface area (TPSA) is 57.6 Å². The molecule has 1 aliphatic heterocycles. The summed E-state index contributed by atoms with van der Waals surface area (Å²) in [6.45, 7) is 0. The lowest BCUT2D eigenvalue weighted by Gasteiger charge is -2.21. The van der Waals surface area contributed by atoms with Crippen molar-refractivity contribution in [3.8, 4) is 5.75 Å². The number of hydrogen-bond donors (Lipinski definition) is 1. The fourth-order valence-electron chi connectivity index (χ4n) is 5.66. The number of carbonyl (C=O) groups excluding carboxylic acids is 2. The largest absolute Gasteiger partial charge is 0.508 e. The van der Waals surface area contributed by atoms with E-state index in [1.54, 1.807) is 12.1 Å². The zero-order valence-electron chi connectivity index (χ0n) is 17.3. The van der Waals surface area contributed by atoms with E-state index in [1.807, 2.05) is 36.4 Å². The van der Waals surface area contributed by atoms with Gasteiger partial charge in [-0.1, -0.05) is 72.8 Å². The second kappa shape index (κ2) is 7.06. The smallest absolute Gasteiger partial charge is 0.238 e. The van der Waals surface area contributed by atoms with Gasteiger partial charge >= 0.3 is 0 Å². The monoisotopic (exact) mass is 419 g/mol. The number of nitrogens with zero attached hydrogens (tertiary/aromatic N) is 1. The molecule has 1 N–H and O–H groups in total. The Morgan fingerprint density at radius 1 is 0.656 bits per heavy atom. The Hall–Kier alpha value is -3.92. The number of allylic oxidation sites excluding steroid dienone is 3. The molecule has 2 amide bonds. The fraction of sp³-hybridized carbons (Fsp3) is 0.143. The van der Waals surface area contributed by atoms with Gasteiger partial charge in [-0.2, -0.15) is 0 Å². The summed E-state index contributed by atoms with van der Waals surface area (Å²) in [6.07, 6.45) is 4.22. The molecule has 2 fully saturated rings. The lowest BCUT2D eigenvalue weighted by Crippen LogP contribution is -2.33. The molecule has 0 spiro atoms. The molecule has 156 valence electrons. The maximum atomic E-state index is 13.5. The average Bonchev–Trinajstić information content (AvgIpc) is 3.46. The minimum Gasteiger partial charge on any atom is -0.508 e.